The van der Waals surface area contributed by atoms with Crippen molar-refractivity contribution in [1.29, 1.82) is 0 Å². The van der Waals surface area contributed by atoms with Crippen LogP contribution in [-0.2, 0) is 9.53 Å². The van der Waals surface area contributed by atoms with Gasteiger partial charge < -0.3 is 18.6 Å². The maximum atomic E-state index is 12.4. The molecule has 1 heterocycles. The van der Waals surface area contributed by atoms with E-state index in [-0.39, 0.29) is 6.61 Å². The van der Waals surface area contributed by atoms with Gasteiger partial charge in [0.25, 0.3) is 0 Å². The van der Waals surface area contributed by atoms with Crippen LogP contribution in [0.15, 0.2) is 57.7 Å². The summed E-state index contributed by atoms with van der Waals surface area (Å²) < 4.78 is 21.1. The van der Waals surface area contributed by atoms with Gasteiger partial charge in [0.2, 0.25) is 0 Å². The van der Waals surface area contributed by atoms with E-state index in [1.807, 2.05) is 0 Å². The lowest BCUT2D eigenvalue weighted by Gasteiger charge is -2.13. The zero-order chi connectivity index (χ0) is 19.4. The van der Waals surface area contributed by atoms with E-state index in [1.165, 1.54) is 0 Å². The number of rotatable bonds is 6. The molecule has 0 amide bonds. The fourth-order valence-electron chi connectivity index (χ4n) is 2.65. The summed E-state index contributed by atoms with van der Waals surface area (Å²) in [4.78, 5) is 24.1. The predicted molar refractivity (Wildman–Crippen MR) is 101 cm³/mol. The molecule has 0 spiro atoms. The van der Waals surface area contributed by atoms with Crippen LogP contribution in [0.1, 0.15) is 13.8 Å². The van der Waals surface area contributed by atoms with E-state index in [0.717, 1.165) is 10.9 Å². The van der Waals surface area contributed by atoms with Gasteiger partial charge in [-0.25, -0.2) is 9.59 Å². The predicted octanol–water partition coefficient (Wildman–Crippen LogP) is 3.80. The Morgan fingerprint density at radius 2 is 1.78 bits per heavy atom. The number of hydrogen-bond acceptors (Lipinski definition) is 6. The van der Waals surface area contributed by atoms with E-state index in [4.69, 9.17) is 18.6 Å². The second kappa shape index (κ2) is 7.95. The molecule has 2 aromatic carbocycles. The standard InChI is InChI=1S/C21H20O6/c1-4-25-20(22)13(2)26-17-10-7-15-11-18(21(23)27-19(15)12-17)14-5-8-16(24-3)9-6-14/h5-13H,4H2,1-3H3/t13-/m0/s1. The zero-order valence-electron chi connectivity index (χ0n) is 15.4. The number of esters is 1. The number of ether oxygens (including phenoxy) is 3. The number of benzene rings is 2. The molecule has 140 valence electrons. The van der Waals surface area contributed by atoms with Crippen LogP contribution >= 0.6 is 0 Å². The van der Waals surface area contributed by atoms with Crippen molar-refractivity contribution in [3.8, 4) is 22.6 Å². The lowest BCUT2D eigenvalue weighted by atomic mass is 10.1. The minimum Gasteiger partial charge on any atom is -0.497 e. The molecule has 6 heteroatoms. The molecule has 0 saturated heterocycles. The molecular weight excluding hydrogens is 348 g/mol. The number of hydrogen-bond donors (Lipinski definition) is 0. The maximum absolute atomic E-state index is 12.4. The Balaban J connectivity index is 1.90. The minimum atomic E-state index is -0.757. The average molecular weight is 368 g/mol. The van der Waals surface area contributed by atoms with Gasteiger partial charge in [0.05, 0.1) is 19.3 Å². The van der Waals surface area contributed by atoms with E-state index in [9.17, 15) is 9.59 Å². The molecule has 1 aromatic heterocycles. The van der Waals surface area contributed by atoms with E-state index in [1.54, 1.807) is 69.5 Å². The van der Waals surface area contributed by atoms with Crippen molar-refractivity contribution < 1.29 is 23.4 Å². The summed E-state index contributed by atoms with van der Waals surface area (Å²) >= 11 is 0. The molecule has 0 unspecified atom stereocenters. The van der Waals surface area contributed by atoms with Gasteiger partial charge in [-0.1, -0.05) is 12.1 Å². The fraction of sp³-hybridized carbons (Fsp3) is 0.238. The Kier molecular flexibility index (Phi) is 5.45. The SMILES string of the molecule is CCOC(=O)[C@H](C)Oc1ccc2cc(-c3ccc(OC)cc3)c(=O)oc2c1. The monoisotopic (exact) mass is 368 g/mol. The van der Waals surface area contributed by atoms with Crippen molar-refractivity contribution in [2.45, 2.75) is 20.0 Å². The molecule has 0 bridgehead atoms. The van der Waals surface area contributed by atoms with E-state index in [2.05, 4.69) is 0 Å². The summed E-state index contributed by atoms with van der Waals surface area (Å²) in [6, 6.07) is 14.0. The van der Waals surface area contributed by atoms with Gasteiger partial charge in [-0.15, -0.1) is 0 Å². The molecule has 0 N–H and O–H groups in total. The highest BCUT2D eigenvalue weighted by molar-refractivity contribution is 5.83. The molecule has 0 aliphatic rings. The maximum Gasteiger partial charge on any atom is 0.347 e. The van der Waals surface area contributed by atoms with Gasteiger partial charge in [0.15, 0.2) is 6.10 Å². The highest BCUT2D eigenvalue weighted by Crippen LogP contribution is 2.26. The summed E-state index contributed by atoms with van der Waals surface area (Å²) in [5.74, 6) is 0.679. The summed E-state index contributed by atoms with van der Waals surface area (Å²) in [7, 11) is 1.59. The molecule has 0 aliphatic carbocycles. The Morgan fingerprint density at radius 1 is 1.07 bits per heavy atom. The quantitative estimate of drug-likeness (QED) is 0.487. The Bertz CT molecular complexity index is 1000. The van der Waals surface area contributed by atoms with Crippen molar-refractivity contribution in [3.63, 3.8) is 0 Å². The third-order valence-corrected chi connectivity index (χ3v) is 4.04. The Morgan fingerprint density at radius 3 is 2.44 bits per heavy atom. The topological polar surface area (TPSA) is 75.0 Å². The Hall–Kier alpha value is -3.28. The van der Waals surface area contributed by atoms with Crippen LogP contribution in [-0.4, -0.2) is 25.8 Å². The molecule has 6 nitrogen and oxygen atoms in total. The van der Waals surface area contributed by atoms with E-state index < -0.39 is 17.7 Å². The third-order valence-electron chi connectivity index (χ3n) is 4.04. The highest BCUT2D eigenvalue weighted by Gasteiger charge is 2.16. The first-order valence-corrected chi connectivity index (χ1v) is 8.57. The highest BCUT2D eigenvalue weighted by atomic mass is 16.6. The summed E-state index contributed by atoms with van der Waals surface area (Å²) in [5, 5.41) is 0.747. The first kappa shape index (κ1) is 18.5. The molecule has 0 aliphatic heterocycles. The van der Waals surface area contributed by atoms with E-state index in [0.29, 0.717) is 22.6 Å². The van der Waals surface area contributed by atoms with Crippen LogP contribution in [0.5, 0.6) is 11.5 Å². The molecule has 0 saturated carbocycles. The third kappa shape index (κ3) is 4.11. The van der Waals surface area contributed by atoms with Gasteiger partial charge in [-0.2, -0.15) is 0 Å². The molecule has 3 aromatic rings. The molecule has 27 heavy (non-hydrogen) atoms. The van der Waals surface area contributed by atoms with E-state index >= 15 is 0 Å². The zero-order valence-corrected chi connectivity index (χ0v) is 15.4. The minimum absolute atomic E-state index is 0.285. The van der Waals surface area contributed by atoms with Crippen LogP contribution in [0.25, 0.3) is 22.1 Å². The van der Waals surface area contributed by atoms with Crippen molar-refractivity contribution in [2.75, 3.05) is 13.7 Å². The number of fused-ring (bicyclic) bond motifs is 1. The first-order chi connectivity index (χ1) is 13.0. The van der Waals surface area contributed by atoms with Gasteiger partial charge in [-0.05, 0) is 49.7 Å². The number of carbonyl (C=O) groups excluding carboxylic acids is 1. The fourth-order valence-corrected chi connectivity index (χ4v) is 2.65. The second-order valence-corrected chi connectivity index (χ2v) is 5.89. The lowest BCUT2D eigenvalue weighted by Crippen LogP contribution is -2.26. The summed E-state index contributed by atoms with van der Waals surface area (Å²) in [6.45, 7) is 3.62. The smallest absolute Gasteiger partial charge is 0.347 e. The van der Waals surface area contributed by atoms with Crippen LogP contribution in [0.3, 0.4) is 0 Å². The largest absolute Gasteiger partial charge is 0.497 e. The lowest BCUT2D eigenvalue weighted by molar-refractivity contribution is -0.150. The van der Waals surface area contributed by atoms with Gasteiger partial charge in [0, 0.05) is 11.5 Å². The van der Waals surface area contributed by atoms with Gasteiger partial charge in [0.1, 0.15) is 17.1 Å². The van der Waals surface area contributed by atoms with Crippen molar-refractivity contribution in [1.82, 2.24) is 0 Å². The summed E-state index contributed by atoms with van der Waals surface area (Å²) in [5.41, 5.74) is 1.12. The molecule has 0 radical (unpaired) electrons. The molecule has 1 atom stereocenters. The van der Waals surface area contributed by atoms with Crippen molar-refractivity contribution in [3.05, 3.63) is 59.0 Å². The normalized spacial score (nSPS) is 11.8. The van der Waals surface area contributed by atoms with Gasteiger partial charge in [-0.3, -0.25) is 0 Å². The van der Waals surface area contributed by atoms with Crippen molar-refractivity contribution >= 4 is 16.9 Å². The van der Waals surface area contributed by atoms with Crippen LogP contribution in [0.2, 0.25) is 0 Å². The molecule has 0 fully saturated rings. The number of methoxy groups -OCH3 is 1. The van der Waals surface area contributed by atoms with Crippen LogP contribution in [0, 0.1) is 0 Å². The average Bonchev–Trinajstić information content (AvgIpc) is 2.67. The summed E-state index contributed by atoms with van der Waals surface area (Å²) in [6.07, 6.45) is -0.757. The number of carbonyl (C=O) groups is 1. The van der Waals surface area contributed by atoms with Crippen LogP contribution in [0.4, 0.5) is 0 Å². The van der Waals surface area contributed by atoms with Crippen LogP contribution < -0.4 is 15.1 Å². The van der Waals surface area contributed by atoms with Gasteiger partial charge >= 0.3 is 11.6 Å². The molecule has 3 rings (SSSR count). The molecular formula is C21H20O6. The van der Waals surface area contributed by atoms with Crippen molar-refractivity contribution in [2.24, 2.45) is 0 Å². The first-order valence-electron chi connectivity index (χ1n) is 8.57. The Labute approximate surface area is 156 Å². The second-order valence-electron chi connectivity index (χ2n) is 5.89.